The van der Waals surface area contributed by atoms with Crippen LogP contribution in [0.25, 0.3) is 5.69 Å². The number of aromatic nitrogens is 3. The number of alkyl halides is 3. The topological polar surface area (TPSA) is 102 Å². The molecule has 0 N–H and O–H groups in total. The van der Waals surface area contributed by atoms with Gasteiger partial charge in [-0.3, -0.25) is 14.2 Å². The average Bonchev–Trinajstić information content (AvgIpc) is 2.79. The smallest absolute Gasteiger partial charge is 0.431 e. The maximum absolute atomic E-state index is 14.7. The average molecular weight is 532 g/mol. The van der Waals surface area contributed by atoms with Crippen molar-refractivity contribution in [3.05, 3.63) is 73.9 Å². The Balaban J connectivity index is 2.02. The summed E-state index contributed by atoms with van der Waals surface area (Å²) in [5.74, 6) is -2.48. The summed E-state index contributed by atoms with van der Waals surface area (Å²) in [7, 11) is 2.26. The molecule has 0 aliphatic carbocycles. The van der Waals surface area contributed by atoms with Crippen molar-refractivity contribution in [2.45, 2.75) is 19.0 Å². The molecule has 3 aromatic rings. The standard InChI is InChI=1S/C22H18ClF4N3O6/c1-29-17(22(25,26)27)11-18(31)30(21(29)33)14-10-16(12(23)9-13(14)24)35-15-5-3-7-28-20(15)36-19(32)6-4-8-34-2/h3,5,7,9-11H,4,6,8H2,1-2H3. The maximum atomic E-state index is 14.7. The van der Waals surface area contributed by atoms with Gasteiger partial charge in [0.1, 0.15) is 17.3 Å². The first-order chi connectivity index (χ1) is 16.9. The van der Waals surface area contributed by atoms with Gasteiger partial charge < -0.3 is 14.2 Å². The molecule has 0 fully saturated rings. The van der Waals surface area contributed by atoms with Gasteiger partial charge in [-0.05, 0) is 24.6 Å². The zero-order valence-electron chi connectivity index (χ0n) is 18.8. The van der Waals surface area contributed by atoms with E-state index in [1.807, 2.05) is 0 Å². The molecular weight excluding hydrogens is 514 g/mol. The fourth-order valence-electron chi connectivity index (χ4n) is 3.06. The summed E-state index contributed by atoms with van der Waals surface area (Å²) in [4.78, 5) is 40.9. The Bertz CT molecular complexity index is 1400. The fraction of sp³-hybridized carbons (Fsp3) is 0.273. The van der Waals surface area contributed by atoms with E-state index in [0.29, 0.717) is 19.1 Å². The van der Waals surface area contributed by atoms with Crippen molar-refractivity contribution in [3.63, 3.8) is 0 Å². The van der Waals surface area contributed by atoms with Gasteiger partial charge in [0, 0.05) is 45.5 Å². The molecule has 0 saturated carbocycles. The molecule has 0 spiro atoms. The summed E-state index contributed by atoms with van der Waals surface area (Å²) in [5, 5.41) is -0.311. The first kappa shape index (κ1) is 26.9. The zero-order chi connectivity index (χ0) is 26.6. The Labute approximate surface area is 205 Å². The number of nitrogens with zero attached hydrogens (tertiary/aromatic N) is 3. The van der Waals surface area contributed by atoms with Crippen LogP contribution in [0.2, 0.25) is 5.02 Å². The number of esters is 1. The minimum absolute atomic E-state index is 0.0193. The predicted molar refractivity (Wildman–Crippen MR) is 118 cm³/mol. The summed E-state index contributed by atoms with van der Waals surface area (Å²) >= 11 is 6.05. The molecular formula is C22H18ClF4N3O6. The molecule has 0 radical (unpaired) electrons. The van der Waals surface area contributed by atoms with Crippen LogP contribution in [-0.2, 0) is 22.8 Å². The summed E-state index contributed by atoms with van der Waals surface area (Å²) in [5.41, 5.74) is -5.10. The lowest BCUT2D eigenvalue weighted by molar-refractivity contribution is -0.144. The quantitative estimate of drug-likeness (QED) is 0.247. The van der Waals surface area contributed by atoms with E-state index in [2.05, 4.69) is 4.98 Å². The Morgan fingerprint density at radius 3 is 2.56 bits per heavy atom. The van der Waals surface area contributed by atoms with E-state index in [9.17, 15) is 31.9 Å². The lowest BCUT2D eigenvalue weighted by Crippen LogP contribution is -2.41. The third-order valence-corrected chi connectivity index (χ3v) is 5.04. The van der Waals surface area contributed by atoms with E-state index in [0.717, 1.165) is 13.1 Å². The third kappa shape index (κ3) is 5.91. The molecule has 3 rings (SSSR count). The van der Waals surface area contributed by atoms with Crippen molar-refractivity contribution in [1.29, 1.82) is 0 Å². The third-order valence-electron chi connectivity index (χ3n) is 4.75. The number of hydrogen-bond donors (Lipinski definition) is 0. The van der Waals surface area contributed by atoms with Gasteiger partial charge in [0.2, 0.25) is 0 Å². The molecule has 0 atom stereocenters. The monoisotopic (exact) mass is 531 g/mol. The van der Waals surface area contributed by atoms with Gasteiger partial charge >= 0.3 is 17.8 Å². The van der Waals surface area contributed by atoms with Crippen molar-refractivity contribution in [2.75, 3.05) is 13.7 Å². The summed E-state index contributed by atoms with van der Waals surface area (Å²) in [6.07, 6.45) is -3.27. The highest BCUT2D eigenvalue weighted by atomic mass is 35.5. The molecule has 36 heavy (non-hydrogen) atoms. The largest absolute Gasteiger partial charge is 0.450 e. The lowest BCUT2D eigenvalue weighted by Gasteiger charge is -2.16. The minimum atomic E-state index is -4.99. The van der Waals surface area contributed by atoms with E-state index >= 15 is 0 Å². The van der Waals surface area contributed by atoms with Crippen LogP contribution in [0.4, 0.5) is 17.6 Å². The second-order valence-electron chi connectivity index (χ2n) is 7.26. The number of hydrogen-bond acceptors (Lipinski definition) is 7. The summed E-state index contributed by atoms with van der Waals surface area (Å²) in [6, 6.07) is 4.52. The predicted octanol–water partition coefficient (Wildman–Crippen LogP) is 3.87. The second-order valence-corrected chi connectivity index (χ2v) is 7.66. The Morgan fingerprint density at radius 1 is 1.17 bits per heavy atom. The molecule has 0 aliphatic heterocycles. The van der Waals surface area contributed by atoms with E-state index in [-0.39, 0.29) is 44.0 Å². The Hall–Kier alpha value is -3.71. The minimum Gasteiger partial charge on any atom is -0.450 e. The van der Waals surface area contributed by atoms with Crippen LogP contribution in [-0.4, -0.2) is 33.8 Å². The molecule has 0 unspecified atom stereocenters. The van der Waals surface area contributed by atoms with E-state index in [1.54, 1.807) is 0 Å². The lowest BCUT2D eigenvalue weighted by atomic mass is 10.2. The Morgan fingerprint density at radius 2 is 1.89 bits per heavy atom. The molecule has 1 aromatic carbocycles. The number of carbonyl (C=O) groups is 1. The maximum Gasteiger partial charge on any atom is 0.431 e. The van der Waals surface area contributed by atoms with Crippen LogP contribution in [0, 0.1) is 5.82 Å². The van der Waals surface area contributed by atoms with E-state index < -0.39 is 40.6 Å². The highest BCUT2D eigenvalue weighted by Crippen LogP contribution is 2.36. The SMILES string of the molecule is COCCCC(=O)Oc1ncccc1Oc1cc(-n2c(=O)cc(C(F)(F)F)n(C)c2=O)c(F)cc1Cl. The van der Waals surface area contributed by atoms with Gasteiger partial charge in [0.05, 0.1) is 10.7 Å². The van der Waals surface area contributed by atoms with Crippen LogP contribution in [0.15, 0.2) is 46.1 Å². The van der Waals surface area contributed by atoms with Gasteiger partial charge in [-0.15, -0.1) is 0 Å². The van der Waals surface area contributed by atoms with Crippen molar-refractivity contribution >= 4 is 17.6 Å². The first-order valence-corrected chi connectivity index (χ1v) is 10.5. The van der Waals surface area contributed by atoms with Crippen LogP contribution in [0.5, 0.6) is 17.4 Å². The van der Waals surface area contributed by atoms with Crippen molar-refractivity contribution in [2.24, 2.45) is 7.05 Å². The van der Waals surface area contributed by atoms with Crippen LogP contribution >= 0.6 is 11.6 Å². The normalized spacial score (nSPS) is 11.4. The van der Waals surface area contributed by atoms with Crippen LogP contribution in [0.1, 0.15) is 18.5 Å². The molecule has 192 valence electrons. The van der Waals surface area contributed by atoms with Gasteiger partial charge in [0.25, 0.3) is 11.4 Å². The summed E-state index contributed by atoms with van der Waals surface area (Å²) < 4.78 is 70.1. The molecule has 14 heteroatoms. The van der Waals surface area contributed by atoms with Gasteiger partial charge in [-0.1, -0.05) is 11.6 Å². The molecule has 9 nitrogen and oxygen atoms in total. The highest BCUT2D eigenvalue weighted by Gasteiger charge is 2.35. The van der Waals surface area contributed by atoms with Crippen molar-refractivity contribution < 1.29 is 36.6 Å². The fourth-order valence-corrected chi connectivity index (χ4v) is 3.24. The van der Waals surface area contributed by atoms with Crippen molar-refractivity contribution in [3.8, 4) is 23.1 Å². The zero-order valence-corrected chi connectivity index (χ0v) is 19.5. The van der Waals surface area contributed by atoms with Crippen LogP contribution in [0.3, 0.4) is 0 Å². The van der Waals surface area contributed by atoms with Gasteiger partial charge in [-0.25, -0.2) is 18.7 Å². The number of benzene rings is 1. The molecule has 2 aromatic heterocycles. The molecule has 0 amide bonds. The van der Waals surface area contributed by atoms with Gasteiger partial charge in [-0.2, -0.15) is 13.2 Å². The van der Waals surface area contributed by atoms with Gasteiger partial charge in [0.15, 0.2) is 5.75 Å². The molecule has 0 saturated heterocycles. The summed E-state index contributed by atoms with van der Waals surface area (Å²) in [6.45, 7) is 0.331. The highest BCUT2D eigenvalue weighted by molar-refractivity contribution is 6.32. The Kier molecular flexibility index (Phi) is 8.15. The number of ether oxygens (including phenoxy) is 3. The van der Waals surface area contributed by atoms with Crippen molar-refractivity contribution in [1.82, 2.24) is 14.1 Å². The van der Waals surface area contributed by atoms with E-state index in [1.165, 1.54) is 25.4 Å². The second kappa shape index (κ2) is 10.9. The molecule has 2 heterocycles. The number of carbonyl (C=O) groups excluding carboxylic acids is 1. The molecule has 0 bridgehead atoms. The number of pyridine rings is 1. The first-order valence-electron chi connectivity index (χ1n) is 10.2. The van der Waals surface area contributed by atoms with E-state index in [4.69, 9.17) is 25.8 Å². The van der Waals surface area contributed by atoms with Crippen LogP contribution < -0.4 is 20.7 Å². The molecule has 0 aliphatic rings. The number of rotatable bonds is 8. The number of methoxy groups -OCH3 is 1. The number of halogens is 5.